The summed E-state index contributed by atoms with van der Waals surface area (Å²) in [6, 6.07) is 0. The van der Waals surface area contributed by atoms with Gasteiger partial charge in [-0.1, -0.05) is 0 Å². The van der Waals surface area contributed by atoms with Crippen molar-refractivity contribution in [1.82, 2.24) is 5.01 Å². The largest absolute Gasteiger partial charge is 0.393 e. The Hall–Kier alpha value is -0.330. The highest BCUT2D eigenvalue weighted by Gasteiger charge is 2.48. The first-order valence-corrected chi connectivity index (χ1v) is 4.00. The highest BCUT2D eigenvalue weighted by atomic mass is 19.4. The lowest BCUT2D eigenvalue weighted by atomic mass is 9.96. The minimum Gasteiger partial charge on any atom is -0.384 e. The molecule has 0 amide bonds. The molecule has 1 fully saturated rings. The van der Waals surface area contributed by atoms with Gasteiger partial charge in [0.1, 0.15) is 0 Å². The topological polar surface area (TPSA) is 38.5 Å². The number of hydrogen-bond donors (Lipinski definition) is 1. The van der Waals surface area contributed by atoms with Crippen LogP contribution in [-0.2, 0) is 4.74 Å². The van der Waals surface area contributed by atoms with Gasteiger partial charge in [-0.05, 0) is 0 Å². The summed E-state index contributed by atoms with van der Waals surface area (Å²) in [5.41, 5.74) is 0. The van der Waals surface area contributed by atoms with Crippen molar-refractivity contribution in [3.05, 3.63) is 0 Å². The normalized spacial score (nSPS) is 31.2. The van der Waals surface area contributed by atoms with Crippen molar-refractivity contribution in [1.29, 1.82) is 0 Å². The molecule has 0 radical (unpaired) electrons. The lowest BCUT2D eigenvalue weighted by Gasteiger charge is -2.19. The second kappa shape index (κ2) is 3.81. The van der Waals surface area contributed by atoms with Gasteiger partial charge in [-0.2, -0.15) is 13.2 Å². The highest BCUT2D eigenvalue weighted by Crippen LogP contribution is 2.36. The maximum absolute atomic E-state index is 12.4. The monoisotopic (exact) mass is 198 g/mol. The Morgan fingerprint density at radius 2 is 2.08 bits per heavy atom. The number of ether oxygens (including phenoxy) is 1. The average molecular weight is 198 g/mol. The highest BCUT2D eigenvalue weighted by molar-refractivity contribution is 4.85. The second-order valence-electron chi connectivity index (χ2n) is 3.32. The van der Waals surface area contributed by atoms with Crippen LogP contribution in [-0.4, -0.2) is 38.0 Å². The van der Waals surface area contributed by atoms with Gasteiger partial charge < -0.3 is 4.74 Å². The van der Waals surface area contributed by atoms with Gasteiger partial charge in [-0.25, -0.2) is 5.01 Å². The first-order valence-electron chi connectivity index (χ1n) is 4.00. The van der Waals surface area contributed by atoms with E-state index in [1.807, 2.05) is 0 Å². The smallest absolute Gasteiger partial charge is 0.384 e. The van der Waals surface area contributed by atoms with E-state index in [1.165, 1.54) is 12.1 Å². The van der Waals surface area contributed by atoms with Crippen molar-refractivity contribution in [2.24, 2.45) is 17.7 Å². The number of nitrogens with zero attached hydrogens (tertiary/aromatic N) is 1. The molecular formula is C7H13F3N2O. The van der Waals surface area contributed by atoms with Crippen molar-refractivity contribution in [2.45, 2.75) is 6.18 Å². The van der Waals surface area contributed by atoms with Gasteiger partial charge in [0.15, 0.2) is 0 Å². The first kappa shape index (κ1) is 10.7. The maximum atomic E-state index is 12.4. The number of hydrogen-bond acceptors (Lipinski definition) is 3. The second-order valence-corrected chi connectivity index (χ2v) is 3.32. The van der Waals surface area contributed by atoms with Crippen LogP contribution in [0.2, 0.25) is 0 Å². The van der Waals surface area contributed by atoms with E-state index >= 15 is 0 Å². The van der Waals surface area contributed by atoms with Gasteiger partial charge in [0.05, 0.1) is 12.5 Å². The number of rotatable bonds is 2. The summed E-state index contributed by atoms with van der Waals surface area (Å²) in [6.45, 7) is 0.230. The number of hydrazine groups is 1. The Bertz CT molecular complexity index is 174. The molecule has 1 aliphatic rings. The lowest BCUT2D eigenvalue weighted by molar-refractivity contribution is -0.183. The van der Waals surface area contributed by atoms with Crippen LogP contribution in [0, 0.1) is 11.8 Å². The summed E-state index contributed by atoms with van der Waals surface area (Å²) < 4.78 is 41.8. The molecule has 0 aromatic carbocycles. The van der Waals surface area contributed by atoms with Crippen LogP contribution in [0.3, 0.4) is 0 Å². The van der Waals surface area contributed by atoms with Gasteiger partial charge in [0.25, 0.3) is 0 Å². The number of nitrogens with two attached hydrogens (primary N) is 1. The summed E-state index contributed by atoms with van der Waals surface area (Å²) in [5.74, 6) is 3.44. The molecule has 0 bridgehead atoms. The molecule has 0 aromatic rings. The van der Waals surface area contributed by atoms with Crippen LogP contribution in [0.5, 0.6) is 0 Å². The number of alkyl halides is 3. The molecule has 1 heterocycles. The third kappa shape index (κ3) is 2.55. The molecule has 6 heteroatoms. The van der Waals surface area contributed by atoms with E-state index in [1.54, 1.807) is 0 Å². The predicted molar refractivity (Wildman–Crippen MR) is 40.7 cm³/mol. The molecule has 0 saturated carbocycles. The summed E-state index contributed by atoms with van der Waals surface area (Å²) >= 11 is 0. The van der Waals surface area contributed by atoms with Gasteiger partial charge in [0, 0.05) is 26.1 Å². The zero-order chi connectivity index (χ0) is 10.1. The van der Waals surface area contributed by atoms with Gasteiger partial charge in [-0.15, -0.1) is 0 Å². The van der Waals surface area contributed by atoms with Crippen molar-refractivity contribution in [2.75, 3.05) is 26.8 Å². The molecule has 0 aliphatic carbocycles. The van der Waals surface area contributed by atoms with Crippen molar-refractivity contribution < 1.29 is 17.9 Å². The zero-order valence-electron chi connectivity index (χ0n) is 7.34. The molecule has 78 valence electrons. The summed E-state index contributed by atoms with van der Waals surface area (Å²) in [5, 5.41) is 1.20. The molecule has 0 aromatic heterocycles. The molecule has 0 unspecified atom stereocenters. The number of methoxy groups -OCH3 is 1. The summed E-state index contributed by atoms with van der Waals surface area (Å²) in [7, 11) is 1.40. The lowest BCUT2D eigenvalue weighted by Crippen LogP contribution is -2.32. The summed E-state index contributed by atoms with van der Waals surface area (Å²) in [6.07, 6.45) is -4.17. The van der Waals surface area contributed by atoms with Crippen molar-refractivity contribution >= 4 is 0 Å². The van der Waals surface area contributed by atoms with Crippen LogP contribution in [0.25, 0.3) is 0 Å². The minimum atomic E-state index is -4.17. The average Bonchev–Trinajstić information content (AvgIpc) is 2.30. The Balaban J connectivity index is 2.60. The molecule has 13 heavy (non-hydrogen) atoms. The first-order chi connectivity index (χ1) is 5.95. The minimum absolute atomic E-state index is 0.109. The van der Waals surface area contributed by atoms with E-state index in [9.17, 15) is 13.2 Å². The van der Waals surface area contributed by atoms with Gasteiger partial charge in [-0.3, -0.25) is 5.84 Å². The van der Waals surface area contributed by atoms with E-state index in [4.69, 9.17) is 10.6 Å². The maximum Gasteiger partial charge on any atom is 0.393 e. The SMILES string of the molecule is COC[C@H]1CN(N)C[C@@H]1C(F)(F)F. The molecule has 3 nitrogen and oxygen atoms in total. The van der Waals surface area contributed by atoms with Crippen molar-refractivity contribution in [3.63, 3.8) is 0 Å². The van der Waals surface area contributed by atoms with Gasteiger partial charge in [0.2, 0.25) is 0 Å². The van der Waals surface area contributed by atoms with Crippen LogP contribution in [0.15, 0.2) is 0 Å². The Morgan fingerprint density at radius 3 is 2.54 bits per heavy atom. The van der Waals surface area contributed by atoms with Crippen LogP contribution in [0.4, 0.5) is 13.2 Å². The molecular weight excluding hydrogens is 185 g/mol. The zero-order valence-corrected chi connectivity index (χ0v) is 7.34. The number of halogens is 3. The standard InChI is InChI=1S/C7H13F3N2O/c1-13-4-5-2-12(11)3-6(5)7(8,9)10/h5-6H,2-4,11H2,1H3/t5-,6+/m1/s1. The van der Waals surface area contributed by atoms with E-state index in [0.29, 0.717) is 0 Å². The fourth-order valence-electron chi connectivity index (χ4n) is 1.66. The molecule has 1 aliphatic heterocycles. The third-order valence-electron chi connectivity index (χ3n) is 2.27. The fraction of sp³-hybridized carbons (Fsp3) is 1.00. The molecule has 1 rings (SSSR count). The molecule has 2 N–H and O–H groups in total. The third-order valence-corrected chi connectivity index (χ3v) is 2.27. The predicted octanol–water partition coefficient (Wildman–Crippen LogP) is 0.617. The van der Waals surface area contributed by atoms with E-state index in [0.717, 1.165) is 0 Å². The summed E-state index contributed by atoms with van der Waals surface area (Å²) in [4.78, 5) is 0. The van der Waals surface area contributed by atoms with Crippen molar-refractivity contribution in [3.8, 4) is 0 Å². The van der Waals surface area contributed by atoms with E-state index in [2.05, 4.69) is 0 Å². The Kier molecular flexibility index (Phi) is 3.15. The molecule has 1 saturated heterocycles. The van der Waals surface area contributed by atoms with Crippen LogP contribution >= 0.6 is 0 Å². The van der Waals surface area contributed by atoms with Gasteiger partial charge >= 0.3 is 6.18 Å². The molecule has 0 spiro atoms. The fourth-order valence-corrected chi connectivity index (χ4v) is 1.66. The van der Waals surface area contributed by atoms with E-state index < -0.39 is 18.0 Å². The van der Waals surface area contributed by atoms with Crippen LogP contribution in [0.1, 0.15) is 0 Å². The van der Waals surface area contributed by atoms with E-state index in [-0.39, 0.29) is 19.7 Å². The quantitative estimate of drug-likeness (QED) is 0.661. The Morgan fingerprint density at radius 1 is 1.46 bits per heavy atom. The van der Waals surface area contributed by atoms with Crippen LogP contribution < -0.4 is 5.84 Å². The Labute approximate surface area is 74.6 Å². The molecule has 2 atom stereocenters.